The minimum absolute atomic E-state index is 0.123. The number of alkyl halides is 3. The first kappa shape index (κ1) is 11.3. The third-order valence-electron chi connectivity index (χ3n) is 2.65. The van der Waals surface area contributed by atoms with Crippen LogP contribution < -0.4 is 11.3 Å². The highest BCUT2D eigenvalue weighted by molar-refractivity contribution is 5.78. The van der Waals surface area contributed by atoms with Crippen LogP contribution in [0.5, 0.6) is 0 Å². The zero-order valence-electron chi connectivity index (χ0n) is 7.60. The first-order chi connectivity index (χ1) is 6.45. The van der Waals surface area contributed by atoms with E-state index in [1.54, 1.807) is 0 Å². The van der Waals surface area contributed by atoms with E-state index in [4.69, 9.17) is 5.84 Å². The maximum Gasteiger partial charge on any atom is 0.391 e. The van der Waals surface area contributed by atoms with Gasteiger partial charge in [-0.05, 0) is 19.3 Å². The van der Waals surface area contributed by atoms with E-state index in [0.717, 1.165) is 0 Å². The van der Waals surface area contributed by atoms with E-state index >= 15 is 0 Å². The number of hydrogen-bond acceptors (Lipinski definition) is 2. The third kappa shape index (κ3) is 2.60. The van der Waals surface area contributed by atoms with Crippen molar-refractivity contribution in [3.8, 4) is 0 Å². The Labute approximate surface area is 79.8 Å². The predicted molar refractivity (Wildman–Crippen MR) is 43.8 cm³/mol. The van der Waals surface area contributed by atoms with Gasteiger partial charge in [0.2, 0.25) is 5.91 Å². The van der Waals surface area contributed by atoms with Gasteiger partial charge < -0.3 is 0 Å². The van der Waals surface area contributed by atoms with Crippen LogP contribution in [0.25, 0.3) is 0 Å². The Hall–Kier alpha value is -0.780. The molecule has 1 amide bonds. The van der Waals surface area contributed by atoms with E-state index < -0.39 is 23.9 Å². The maximum atomic E-state index is 12.3. The van der Waals surface area contributed by atoms with Crippen LogP contribution in [0.3, 0.4) is 0 Å². The van der Waals surface area contributed by atoms with Crippen LogP contribution in [0.1, 0.15) is 25.7 Å². The molecule has 0 saturated heterocycles. The van der Waals surface area contributed by atoms with Crippen LogP contribution in [0.4, 0.5) is 13.2 Å². The SMILES string of the molecule is NNC(=O)C1CCCC(C(F)(F)F)C1. The molecule has 2 unspecified atom stereocenters. The molecule has 0 radical (unpaired) electrons. The van der Waals surface area contributed by atoms with E-state index in [0.29, 0.717) is 12.8 Å². The lowest BCUT2D eigenvalue weighted by molar-refractivity contribution is -0.186. The minimum Gasteiger partial charge on any atom is -0.294 e. The summed E-state index contributed by atoms with van der Waals surface area (Å²) in [5.74, 6) is 2.46. The van der Waals surface area contributed by atoms with Gasteiger partial charge in [0, 0.05) is 5.92 Å². The Kier molecular flexibility index (Phi) is 3.36. The average Bonchev–Trinajstić information content (AvgIpc) is 2.15. The van der Waals surface area contributed by atoms with Crippen molar-refractivity contribution in [2.24, 2.45) is 17.7 Å². The first-order valence-electron chi connectivity index (χ1n) is 4.52. The van der Waals surface area contributed by atoms with Gasteiger partial charge in [0.1, 0.15) is 0 Å². The number of halogens is 3. The van der Waals surface area contributed by atoms with Crippen LogP contribution >= 0.6 is 0 Å². The Morgan fingerprint density at radius 3 is 2.50 bits per heavy atom. The number of nitrogens with one attached hydrogen (secondary N) is 1. The zero-order chi connectivity index (χ0) is 10.8. The van der Waals surface area contributed by atoms with Crippen molar-refractivity contribution < 1.29 is 18.0 Å². The van der Waals surface area contributed by atoms with E-state index in [1.807, 2.05) is 5.43 Å². The van der Waals surface area contributed by atoms with Crippen molar-refractivity contribution in [1.82, 2.24) is 5.43 Å². The molecule has 0 aromatic heterocycles. The fraction of sp³-hybridized carbons (Fsp3) is 0.875. The second kappa shape index (κ2) is 4.16. The quantitative estimate of drug-likeness (QED) is 0.390. The normalized spacial score (nSPS) is 28.6. The van der Waals surface area contributed by atoms with Gasteiger partial charge in [0.15, 0.2) is 0 Å². The molecule has 0 heterocycles. The van der Waals surface area contributed by atoms with Crippen molar-refractivity contribution >= 4 is 5.91 Å². The lowest BCUT2D eigenvalue weighted by atomic mass is 9.81. The molecule has 0 aliphatic heterocycles. The van der Waals surface area contributed by atoms with Crippen LogP contribution in [-0.4, -0.2) is 12.1 Å². The Bertz CT molecular complexity index is 217. The van der Waals surface area contributed by atoms with Crippen LogP contribution in [0, 0.1) is 11.8 Å². The van der Waals surface area contributed by atoms with E-state index in [2.05, 4.69) is 0 Å². The van der Waals surface area contributed by atoms with E-state index in [1.165, 1.54) is 0 Å². The number of hydrogen-bond donors (Lipinski definition) is 2. The van der Waals surface area contributed by atoms with Gasteiger partial charge >= 0.3 is 6.18 Å². The highest BCUT2D eigenvalue weighted by Gasteiger charge is 2.43. The molecule has 0 spiro atoms. The smallest absolute Gasteiger partial charge is 0.294 e. The molecule has 0 bridgehead atoms. The lowest BCUT2D eigenvalue weighted by Crippen LogP contribution is -2.40. The molecule has 3 N–H and O–H groups in total. The zero-order valence-corrected chi connectivity index (χ0v) is 7.60. The van der Waals surface area contributed by atoms with E-state index in [-0.39, 0.29) is 12.8 Å². The Balaban J connectivity index is 2.56. The number of nitrogens with two attached hydrogens (primary N) is 1. The van der Waals surface area contributed by atoms with Gasteiger partial charge in [-0.2, -0.15) is 13.2 Å². The Morgan fingerprint density at radius 1 is 1.36 bits per heavy atom. The molecule has 1 aliphatic carbocycles. The molecule has 2 atom stereocenters. The van der Waals surface area contributed by atoms with Crippen molar-refractivity contribution in [3.63, 3.8) is 0 Å². The Morgan fingerprint density at radius 2 is 2.00 bits per heavy atom. The minimum atomic E-state index is -4.19. The fourth-order valence-electron chi connectivity index (χ4n) is 1.84. The third-order valence-corrected chi connectivity index (χ3v) is 2.65. The van der Waals surface area contributed by atoms with Crippen molar-refractivity contribution in [1.29, 1.82) is 0 Å². The maximum absolute atomic E-state index is 12.3. The molecule has 1 saturated carbocycles. The summed E-state index contributed by atoms with van der Waals surface area (Å²) in [6.07, 6.45) is -3.27. The van der Waals surface area contributed by atoms with Crippen LogP contribution in [0.2, 0.25) is 0 Å². The second-order valence-corrected chi connectivity index (χ2v) is 3.61. The van der Waals surface area contributed by atoms with Gasteiger partial charge in [-0.3, -0.25) is 10.2 Å². The van der Waals surface area contributed by atoms with Gasteiger partial charge in [-0.1, -0.05) is 6.42 Å². The number of carbonyl (C=O) groups excluding carboxylic acids is 1. The van der Waals surface area contributed by atoms with Gasteiger partial charge in [-0.15, -0.1) is 0 Å². The summed E-state index contributed by atoms with van der Waals surface area (Å²) in [6.45, 7) is 0. The molecule has 0 aromatic carbocycles. The topological polar surface area (TPSA) is 55.1 Å². The number of amides is 1. The van der Waals surface area contributed by atoms with Gasteiger partial charge in [0.05, 0.1) is 5.92 Å². The molecule has 3 nitrogen and oxygen atoms in total. The van der Waals surface area contributed by atoms with Crippen LogP contribution in [0.15, 0.2) is 0 Å². The highest BCUT2D eigenvalue weighted by atomic mass is 19.4. The van der Waals surface area contributed by atoms with Gasteiger partial charge in [-0.25, -0.2) is 5.84 Å². The molecular weight excluding hydrogens is 197 g/mol. The number of carbonyl (C=O) groups is 1. The van der Waals surface area contributed by atoms with Crippen molar-refractivity contribution in [2.75, 3.05) is 0 Å². The summed E-state index contributed by atoms with van der Waals surface area (Å²) in [5, 5.41) is 0. The molecule has 6 heteroatoms. The standard InChI is InChI=1S/C8H13F3N2O/c9-8(10,11)6-3-1-2-5(4-6)7(14)13-12/h5-6H,1-4,12H2,(H,13,14). The number of rotatable bonds is 1. The molecular formula is C8H13F3N2O. The summed E-state index contributed by atoms with van der Waals surface area (Å²) in [7, 11) is 0. The molecule has 1 fully saturated rings. The van der Waals surface area contributed by atoms with Crippen LogP contribution in [-0.2, 0) is 4.79 Å². The molecule has 1 rings (SSSR count). The summed E-state index contributed by atoms with van der Waals surface area (Å²) in [5.41, 5.74) is 1.90. The average molecular weight is 210 g/mol. The van der Waals surface area contributed by atoms with Gasteiger partial charge in [0.25, 0.3) is 0 Å². The lowest BCUT2D eigenvalue weighted by Gasteiger charge is -2.29. The summed E-state index contributed by atoms with van der Waals surface area (Å²) >= 11 is 0. The van der Waals surface area contributed by atoms with Crippen molar-refractivity contribution in [2.45, 2.75) is 31.9 Å². The largest absolute Gasteiger partial charge is 0.391 e. The summed E-state index contributed by atoms with van der Waals surface area (Å²) in [4.78, 5) is 11.0. The first-order valence-corrected chi connectivity index (χ1v) is 4.52. The molecule has 82 valence electrons. The predicted octanol–water partition coefficient (Wildman–Crippen LogP) is 1.34. The molecule has 1 aliphatic rings. The highest BCUT2D eigenvalue weighted by Crippen LogP contribution is 2.39. The monoisotopic (exact) mass is 210 g/mol. The molecule has 14 heavy (non-hydrogen) atoms. The summed E-state index contributed by atoms with van der Waals surface area (Å²) in [6, 6.07) is 0. The summed E-state index contributed by atoms with van der Waals surface area (Å²) < 4.78 is 37.0. The molecule has 0 aromatic rings. The second-order valence-electron chi connectivity index (χ2n) is 3.61. The van der Waals surface area contributed by atoms with E-state index in [9.17, 15) is 18.0 Å². The number of hydrazine groups is 1. The fourth-order valence-corrected chi connectivity index (χ4v) is 1.84. The van der Waals surface area contributed by atoms with Crippen molar-refractivity contribution in [3.05, 3.63) is 0 Å².